The molecule has 1 aliphatic carbocycles. The summed E-state index contributed by atoms with van der Waals surface area (Å²) in [5.41, 5.74) is 1.88. The minimum atomic E-state index is -0.374. The Kier molecular flexibility index (Phi) is 7.60. The van der Waals surface area contributed by atoms with Gasteiger partial charge >= 0.3 is 0 Å². The third-order valence-corrected chi connectivity index (χ3v) is 6.98. The Bertz CT molecular complexity index is 1070. The van der Waals surface area contributed by atoms with E-state index in [9.17, 15) is 14.7 Å². The smallest absolute Gasteiger partial charge is 0.259 e. The van der Waals surface area contributed by atoms with Crippen LogP contribution in [0.3, 0.4) is 0 Å². The van der Waals surface area contributed by atoms with Gasteiger partial charge in [0.15, 0.2) is 0 Å². The third kappa shape index (κ3) is 5.59. The number of carbonyl (C=O) groups excluding carboxylic acids is 2. The molecule has 0 bridgehead atoms. The van der Waals surface area contributed by atoms with Crippen molar-refractivity contribution < 1.29 is 24.2 Å². The fourth-order valence-electron chi connectivity index (χ4n) is 4.45. The fourth-order valence-corrected chi connectivity index (χ4v) is 4.45. The summed E-state index contributed by atoms with van der Waals surface area (Å²) < 4.78 is 11.8. The van der Waals surface area contributed by atoms with Crippen LogP contribution in [0.5, 0.6) is 11.6 Å². The Hall–Kier alpha value is -3.13. The van der Waals surface area contributed by atoms with Crippen LogP contribution in [0.25, 0.3) is 11.1 Å². The Morgan fingerprint density at radius 1 is 1.31 bits per heavy atom. The van der Waals surface area contributed by atoms with Gasteiger partial charge in [-0.15, -0.1) is 0 Å². The molecule has 1 aromatic heterocycles. The maximum atomic E-state index is 13.6. The van der Waals surface area contributed by atoms with Crippen molar-refractivity contribution in [1.29, 1.82) is 0 Å². The number of hydrogen-bond donors (Lipinski definition) is 1. The Morgan fingerprint density at radius 2 is 2.06 bits per heavy atom. The highest BCUT2D eigenvalue weighted by molar-refractivity contribution is 5.98. The lowest BCUT2D eigenvalue weighted by Crippen LogP contribution is -2.50. The van der Waals surface area contributed by atoms with Gasteiger partial charge in [0.05, 0.1) is 26.3 Å². The quantitative estimate of drug-likeness (QED) is 0.622. The van der Waals surface area contributed by atoms with E-state index >= 15 is 0 Å². The van der Waals surface area contributed by atoms with E-state index in [-0.39, 0.29) is 42.4 Å². The van der Waals surface area contributed by atoms with Crippen LogP contribution in [0.15, 0.2) is 36.5 Å². The van der Waals surface area contributed by atoms with Gasteiger partial charge in [-0.25, -0.2) is 4.98 Å². The monoisotopic (exact) mass is 481 g/mol. The van der Waals surface area contributed by atoms with Crippen LogP contribution in [0, 0.1) is 11.8 Å². The first-order valence-electron chi connectivity index (χ1n) is 12.3. The molecule has 8 heteroatoms. The zero-order valence-electron chi connectivity index (χ0n) is 20.9. The van der Waals surface area contributed by atoms with E-state index < -0.39 is 0 Å². The lowest BCUT2D eigenvalue weighted by molar-refractivity contribution is -0.131. The summed E-state index contributed by atoms with van der Waals surface area (Å²) in [4.78, 5) is 34.2. The molecule has 0 unspecified atom stereocenters. The number of fused-ring (bicyclic) bond motifs is 1. The van der Waals surface area contributed by atoms with Crippen molar-refractivity contribution in [3.63, 3.8) is 0 Å². The molecule has 2 heterocycles. The van der Waals surface area contributed by atoms with Crippen LogP contribution in [-0.4, -0.2) is 77.7 Å². The fraction of sp³-hybridized carbons (Fsp3) is 0.519. The van der Waals surface area contributed by atoms with Crippen molar-refractivity contribution in [3.8, 4) is 22.8 Å². The average molecular weight is 482 g/mol. The molecule has 3 atom stereocenters. The van der Waals surface area contributed by atoms with Crippen molar-refractivity contribution in [1.82, 2.24) is 14.8 Å². The van der Waals surface area contributed by atoms with E-state index in [2.05, 4.69) is 4.98 Å². The Morgan fingerprint density at radius 3 is 2.74 bits per heavy atom. The van der Waals surface area contributed by atoms with Crippen molar-refractivity contribution in [2.75, 3.05) is 33.9 Å². The average Bonchev–Trinajstić information content (AvgIpc) is 3.69. The summed E-state index contributed by atoms with van der Waals surface area (Å²) in [5.74, 6) is 1.22. The van der Waals surface area contributed by atoms with Gasteiger partial charge in [-0.1, -0.05) is 25.1 Å². The topological polar surface area (TPSA) is 92.2 Å². The molecule has 4 rings (SSSR count). The van der Waals surface area contributed by atoms with E-state index in [0.29, 0.717) is 36.7 Å². The summed E-state index contributed by atoms with van der Waals surface area (Å²) in [6.07, 6.45) is 4.14. The Labute approximate surface area is 206 Å². The number of aromatic nitrogens is 1. The number of pyridine rings is 1. The second-order valence-corrected chi connectivity index (χ2v) is 9.82. The maximum absolute atomic E-state index is 13.6. The van der Waals surface area contributed by atoms with E-state index in [0.717, 1.165) is 24.0 Å². The zero-order chi connectivity index (χ0) is 25.1. The van der Waals surface area contributed by atoms with Crippen molar-refractivity contribution in [3.05, 3.63) is 42.1 Å². The van der Waals surface area contributed by atoms with Crippen LogP contribution in [0.4, 0.5) is 0 Å². The minimum Gasteiger partial charge on any atom is -0.496 e. The summed E-state index contributed by atoms with van der Waals surface area (Å²) in [5, 5.41) is 9.87. The van der Waals surface area contributed by atoms with Crippen molar-refractivity contribution in [2.45, 2.75) is 45.3 Å². The molecule has 0 radical (unpaired) electrons. The molecule has 1 fully saturated rings. The van der Waals surface area contributed by atoms with Gasteiger partial charge in [0, 0.05) is 43.3 Å². The molecule has 1 saturated carbocycles. The normalized spacial score (nSPS) is 20.8. The molecule has 1 N–H and O–H groups in total. The van der Waals surface area contributed by atoms with Gasteiger partial charge in [0.2, 0.25) is 11.8 Å². The summed E-state index contributed by atoms with van der Waals surface area (Å²) in [7, 11) is 3.41. The molecular formula is C27H35N3O5. The number of likely N-dealkylation sites (N-methyl/N-ethyl adjacent to an activating group) is 1. The maximum Gasteiger partial charge on any atom is 0.259 e. The molecule has 2 amide bonds. The molecule has 2 aromatic rings. The SMILES string of the molecule is COc1ccccc1-c1cnc2c(c1)C(=O)N([C@H](C)CO)C[C@@H](C)[C@@H](CN(C)C(=O)CC1CC1)O2. The number of amides is 2. The number of para-hydroxylation sites is 1. The van der Waals surface area contributed by atoms with Crippen LogP contribution >= 0.6 is 0 Å². The number of rotatable bonds is 8. The highest BCUT2D eigenvalue weighted by Crippen LogP contribution is 2.35. The van der Waals surface area contributed by atoms with Gasteiger partial charge in [0.25, 0.3) is 5.91 Å². The minimum absolute atomic E-state index is 0.0760. The number of ether oxygens (including phenoxy) is 2. The van der Waals surface area contributed by atoms with Gasteiger partial charge in [-0.2, -0.15) is 0 Å². The number of hydrogen-bond acceptors (Lipinski definition) is 6. The number of aliphatic hydroxyl groups excluding tert-OH is 1. The highest BCUT2D eigenvalue weighted by Gasteiger charge is 2.35. The first-order chi connectivity index (χ1) is 16.8. The standard InChI is InChI=1S/C27H35N3O5/c1-17-14-30(18(2)16-31)27(33)22-12-20(21-7-5-6-8-23(21)34-4)13-28-26(22)35-24(17)15-29(3)25(32)11-19-9-10-19/h5-8,12-13,17-19,24,31H,9-11,14-16H2,1-4H3/t17-,18-,24-/m1/s1. The van der Waals surface area contributed by atoms with E-state index in [1.165, 1.54) is 0 Å². The van der Waals surface area contributed by atoms with Crippen LogP contribution in [0.2, 0.25) is 0 Å². The first-order valence-corrected chi connectivity index (χ1v) is 12.3. The second-order valence-electron chi connectivity index (χ2n) is 9.82. The summed E-state index contributed by atoms with van der Waals surface area (Å²) in [6, 6.07) is 8.95. The van der Waals surface area contributed by atoms with Gasteiger partial charge in [-0.05, 0) is 37.8 Å². The molecule has 2 aliphatic rings. The van der Waals surface area contributed by atoms with Crippen LogP contribution in [0.1, 0.15) is 43.5 Å². The summed E-state index contributed by atoms with van der Waals surface area (Å²) in [6.45, 7) is 4.47. The molecule has 188 valence electrons. The van der Waals surface area contributed by atoms with E-state index in [4.69, 9.17) is 9.47 Å². The molecule has 35 heavy (non-hydrogen) atoms. The molecule has 1 aliphatic heterocycles. The van der Waals surface area contributed by atoms with E-state index in [1.807, 2.05) is 38.1 Å². The number of benzene rings is 1. The molecular weight excluding hydrogens is 446 g/mol. The zero-order valence-corrected chi connectivity index (χ0v) is 20.9. The number of methoxy groups -OCH3 is 1. The molecule has 8 nitrogen and oxygen atoms in total. The van der Waals surface area contributed by atoms with Crippen molar-refractivity contribution in [2.24, 2.45) is 11.8 Å². The predicted molar refractivity (Wildman–Crippen MR) is 132 cm³/mol. The predicted octanol–water partition coefficient (Wildman–Crippen LogP) is 3.24. The van der Waals surface area contributed by atoms with Gasteiger partial charge in [-0.3, -0.25) is 9.59 Å². The van der Waals surface area contributed by atoms with E-state index in [1.54, 1.807) is 36.2 Å². The Balaban J connectivity index is 1.68. The lowest BCUT2D eigenvalue weighted by atomic mass is 9.99. The number of carbonyl (C=O) groups is 2. The highest BCUT2D eigenvalue weighted by atomic mass is 16.5. The summed E-state index contributed by atoms with van der Waals surface area (Å²) >= 11 is 0. The third-order valence-electron chi connectivity index (χ3n) is 6.98. The molecule has 0 saturated heterocycles. The van der Waals surface area contributed by atoms with Crippen molar-refractivity contribution >= 4 is 11.8 Å². The molecule has 1 aromatic carbocycles. The number of aliphatic hydroxyl groups is 1. The van der Waals surface area contributed by atoms with Crippen LogP contribution in [-0.2, 0) is 4.79 Å². The lowest BCUT2D eigenvalue weighted by Gasteiger charge is -2.37. The second kappa shape index (κ2) is 10.6. The molecule has 0 spiro atoms. The van der Waals surface area contributed by atoms with Crippen LogP contribution < -0.4 is 9.47 Å². The number of nitrogens with zero attached hydrogens (tertiary/aromatic N) is 3. The first kappa shape index (κ1) is 25.0. The van der Waals surface area contributed by atoms with Gasteiger partial charge < -0.3 is 24.4 Å². The largest absolute Gasteiger partial charge is 0.496 e. The van der Waals surface area contributed by atoms with Gasteiger partial charge in [0.1, 0.15) is 17.4 Å².